The number of aromatic nitrogens is 5. The van der Waals surface area contributed by atoms with Crippen molar-refractivity contribution in [2.75, 3.05) is 17.2 Å². The number of aliphatic hydroxyl groups excluding tert-OH is 1. The maximum absolute atomic E-state index is 9.33. The third kappa shape index (κ3) is 5.86. The molecule has 0 saturated heterocycles. The molecule has 3 heterocycles. The number of hydrogen-bond donors (Lipinski definition) is 3. The van der Waals surface area contributed by atoms with Crippen LogP contribution in [0.2, 0.25) is 5.02 Å². The number of rotatable bonds is 8. The molecule has 0 spiro atoms. The molecule has 0 bridgehead atoms. The number of aliphatic hydroxyl groups is 1. The molecule has 1 saturated carbocycles. The van der Waals surface area contributed by atoms with Gasteiger partial charge in [0.2, 0.25) is 0 Å². The Morgan fingerprint density at radius 1 is 1.20 bits per heavy atom. The lowest BCUT2D eigenvalue weighted by Crippen LogP contribution is -2.15. The standard InChI is InChI=1S/C24H26ClN9O/c1-15(10-26)30-20-9-23(31-24-19(25)8-17(11-27)12-29-24)28-13-22(20)34-14-21(32-33-34)18-4-2-16(3-5-18)6-7-35/h8-9,12-16,18,35H,2-7H2,1H3,(H2,28,29,30,31)/t15-,16?,18?/m1/s1. The molecule has 0 unspecified atom stereocenters. The lowest BCUT2D eigenvalue weighted by Gasteiger charge is -2.26. The van der Waals surface area contributed by atoms with Crippen molar-refractivity contribution in [3.63, 3.8) is 0 Å². The van der Waals surface area contributed by atoms with Crippen LogP contribution in [-0.4, -0.2) is 42.7 Å². The van der Waals surface area contributed by atoms with Crippen LogP contribution in [0.25, 0.3) is 5.69 Å². The molecule has 11 heteroatoms. The van der Waals surface area contributed by atoms with Gasteiger partial charge in [0.05, 0.1) is 40.4 Å². The number of nitrogens with zero attached hydrogens (tertiary/aromatic N) is 7. The van der Waals surface area contributed by atoms with Crippen LogP contribution in [0.3, 0.4) is 0 Å². The molecular formula is C24H26ClN9O. The third-order valence-electron chi connectivity index (χ3n) is 6.23. The van der Waals surface area contributed by atoms with E-state index in [1.54, 1.807) is 23.9 Å². The van der Waals surface area contributed by atoms with Crippen LogP contribution < -0.4 is 10.6 Å². The average molecular weight is 492 g/mol. The van der Waals surface area contributed by atoms with Gasteiger partial charge in [0.15, 0.2) is 0 Å². The second-order valence-corrected chi connectivity index (χ2v) is 9.10. The smallest absolute Gasteiger partial charge is 0.150 e. The molecule has 1 aliphatic carbocycles. The monoisotopic (exact) mass is 491 g/mol. The average Bonchev–Trinajstić information content (AvgIpc) is 3.36. The molecule has 1 aliphatic rings. The van der Waals surface area contributed by atoms with Crippen molar-refractivity contribution in [1.29, 1.82) is 10.5 Å². The van der Waals surface area contributed by atoms with Crippen molar-refractivity contribution in [1.82, 2.24) is 25.0 Å². The molecule has 0 aliphatic heterocycles. The molecule has 1 fully saturated rings. The highest BCUT2D eigenvalue weighted by atomic mass is 35.5. The summed E-state index contributed by atoms with van der Waals surface area (Å²) in [4.78, 5) is 8.65. The van der Waals surface area contributed by atoms with Crippen LogP contribution in [-0.2, 0) is 0 Å². The van der Waals surface area contributed by atoms with E-state index in [0.717, 1.165) is 37.8 Å². The highest BCUT2D eigenvalue weighted by molar-refractivity contribution is 6.33. The van der Waals surface area contributed by atoms with Gasteiger partial charge in [-0.05, 0) is 51.0 Å². The minimum atomic E-state index is -0.453. The van der Waals surface area contributed by atoms with E-state index in [-0.39, 0.29) is 6.61 Å². The first kappa shape index (κ1) is 24.4. The topological polar surface area (TPSA) is 148 Å². The van der Waals surface area contributed by atoms with Crippen molar-refractivity contribution in [3.8, 4) is 17.8 Å². The summed E-state index contributed by atoms with van der Waals surface area (Å²) in [6, 6.07) is 7.00. The zero-order chi connectivity index (χ0) is 24.8. The van der Waals surface area contributed by atoms with Gasteiger partial charge in [-0.15, -0.1) is 5.10 Å². The minimum absolute atomic E-state index is 0.244. The van der Waals surface area contributed by atoms with Crippen molar-refractivity contribution >= 4 is 28.9 Å². The molecule has 3 N–H and O–H groups in total. The minimum Gasteiger partial charge on any atom is -0.396 e. The van der Waals surface area contributed by atoms with Crippen LogP contribution in [0, 0.1) is 28.6 Å². The van der Waals surface area contributed by atoms with E-state index in [1.807, 2.05) is 12.3 Å². The summed E-state index contributed by atoms with van der Waals surface area (Å²) in [6.45, 7) is 2.00. The lowest BCUT2D eigenvalue weighted by atomic mass is 9.79. The molecule has 35 heavy (non-hydrogen) atoms. The molecule has 180 valence electrons. The van der Waals surface area contributed by atoms with Gasteiger partial charge in [-0.25, -0.2) is 14.6 Å². The summed E-state index contributed by atoms with van der Waals surface area (Å²) in [5.41, 5.74) is 2.59. The van der Waals surface area contributed by atoms with Crippen molar-refractivity contribution in [2.24, 2.45) is 5.92 Å². The Hall–Kier alpha value is -3.73. The van der Waals surface area contributed by atoms with Crippen LogP contribution in [0.15, 0.2) is 30.7 Å². The Balaban J connectivity index is 1.57. The lowest BCUT2D eigenvalue weighted by molar-refractivity contribution is 0.221. The Labute approximate surface area is 208 Å². The molecule has 10 nitrogen and oxygen atoms in total. The van der Waals surface area contributed by atoms with Crippen molar-refractivity contribution in [2.45, 2.75) is 51.0 Å². The maximum atomic E-state index is 9.33. The van der Waals surface area contributed by atoms with E-state index >= 15 is 0 Å². The first-order chi connectivity index (χ1) is 17.0. The van der Waals surface area contributed by atoms with E-state index in [9.17, 15) is 10.4 Å². The largest absolute Gasteiger partial charge is 0.396 e. The predicted octanol–water partition coefficient (Wildman–Crippen LogP) is 4.31. The fourth-order valence-electron chi connectivity index (χ4n) is 4.30. The molecule has 0 aromatic carbocycles. The van der Waals surface area contributed by atoms with E-state index in [4.69, 9.17) is 16.9 Å². The van der Waals surface area contributed by atoms with Crippen LogP contribution >= 0.6 is 11.6 Å². The molecule has 0 amide bonds. The highest BCUT2D eigenvalue weighted by Crippen LogP contribution is 2.36. The number of anilines is 3. The first-order valence-corrected chi connectivity index (χ1v) is 11.9. The van der Waals surface area contributed by atoms with Gasteiger partial charge in [-0.3, -0.25) is 0 Å². The number of hydrogen-bond acceptors (Lipinski definition) is 9. The molecule has 1 atom stereocenters. The normalized spacial score (nSPS) is 18.3. The van der Waals surface area contributed by atoms with Gasteiger partial charge < -0.3 is 15.7 Å². The molecule has 4 rings (SSSR count). The van der Waals surface area contributed by atoms with Gasteiger partial charge >= 0.3 is 0 Å². The Kier molecular flexibility index (Phi) is 7.76. The zero-order valence-corrected chi connectivity index (χ0v) is 20.1. The summed E-state index contributed by atoms with van der Waals surface area (Å²) in [5, 5.41) is 42.8. The summed E-state index contributed by atoms with van der Waals surface area (Å²) >= 11 is 6.24. The van der Waals surface area contributed by atoms with Gasteiger partial charge in [-0.2, -0.15) is 10.5 Å². The van der Waals surface area contributed by atoms with Crippen LogP contribution in [0.4, 0.5) is 17.3 Å². The van der Waals surface area contributed by atoms with E-state index < -0.39 is 6.04 Å². The second kappa shape index (κ2) is 11.1. The van der Waals surface area contributed by atoms with Crippen molar-refractivity contribution in [3.05, 3.63) is 47.0 Å². The fraction of sp³-hybridized carbons (Fsp3) is 0.417. The number of pyridine rings is 2. The number of nitriles is 2. The highest BCUT2D eigenvalue weighted by Gasteiger charge is 2.24. The SMILES string of the molecule is C[C@H](C#N)Nc1cc(Nc2ncc(C#N)cc2Cl)ncc1-n1cc(C2CCC(CCO)CC2)nn1. The van der Waals surface area contributed by atoms with E-state index in [2.05, 4.69) is 37.0 Å². The maximum Gasteiger partial charge on any atom is 0.150 e. The van der Waals surface area contributed by atoms with Crippen LogP contribution in [0.5, 0.6) is 0 Å². The number of nitrogens with one attached hydrogen (secondary N) is 2. The first-order valence-electron chi connectivity index (χ1n) is 11.5. The Morgan fingerprint density at radius 3 is 2.69 bits per heavy atom. The fourth-order valence-corrected chi connectivity index (χ4v) is 4.52. The zero-order valence-electron chi connectivity index (χ0n) is 19.3. The van der Waals surface area contributed by atoms with Gasteiger partial charge in [0, 0.05) is 24.8 Å². The quantitative estimate of drug-likeness (QED) is 0.419. The summed E-state index contributed by atoms with van der Waals surface area (Å²) in [6.07, 6.45) is 10.1. The predicted molar refractivity (Wildman–Crippen MR) is 131 cm³/mol. The van der Waals surface area contributed by atoms with Crippen LogP contribution in [0.1, 0.15) is 56.2 Å². The van der Waals surface area contributed by atoms with Gasteiger partial charge in [0.1, 0.15) is 29.4 Å². The second-order valence-electron chi connectivity index (χ2n) is 8.69. The van der Waals surface area contributed by atoms with E-state index in [0.29, 0.717) is 45.4 Å². The molecule has 0 radical (unpaired) electrons. The third-order valence-corrected chi connectivity index (χ3v) is 6.51. The summed E-state index contributed by atoms with van der Waals surface area (Å²) < 4.78 is 1.67. The van der Waals surface area contributed by atoms with E-state index in [1.165, 1.54) is 12.3 Å². The summed E-state index contributed by atoms with van der Waals surface area (Å²) in [7, 11) is 0. The Bertz CT molecular complexity index is 1250. The Morgan fingerprint density at radius 2 is 2.00 bits per heavy atom. The molecule has 3 aromatic rings. The summed E-state index contributed by atoms with van der Waals surface area (Å²) in [5.74, 6) is 1.75. The number of halogens is 1. The molecule has 3 aromatic heterocycles. The van der Waals surface area contributed by atoms with Gasteiger partial charge in [-0.1, -0.05) is 16.8 Å². The van der Waals surface area contributed by atoms with Gasteiger partial charge in [0.25, 0.3) is 0 Å². The molecular weight excluding hydrogens is 466 g/mol. The van der Waals surface area contributed by atoms with Crippen molar-refractivity contribution < 1.29 is 5.11 Å².